The van der Waals surface area contributed by atoms with Crippen molar-refractivity contribution in [3.05, 3.63) is 58.3 Å². The topological polar surface area (TPSA) is 73.0 Å². The van der Waals surface area contributed by atoms with Crippen LogP contribution in [0.1, 0.15) is 35.2 Å². The number of hydrogen-bond acceptors (Lipinski definition) is 5. The molecular formula is C25H32N4O3S. The molecule has 1 aromatic carbocycles. The van der Waals surface area contributed by atoms with Crippen molar-refractivity contribution >= 4 is 29.2 Å². The van der Waals surface area contributed by atoms with Crippen molar-refractivity contribution < 1.29 is 14.4 Å². The Balaban J connectivity index is 1.51. The van der Waals surface area contributed by atoms with Crippen LogP contribution in [0.3, 0.4) is 0 Å². The zero-order valence-corrected chi connectivity index (χ0v) is 20.1. The second-order valence-electron chi connectivity index (χ2n) is 9.23. The molecule has 1 unspecified atom stereocenters. The lowest BCUT2D eigenvalue weighted by molar-refractivity contribution is -0.134. The third kappa shape index (κ3) is 4.96. The molecule has 0 aliphatic carbocycles. The lowest BCUT2D eigenvalue weighted by Gasteiger charge is -2.41. The van der Waals surface area contributed by atoms with E-state index in [1.54, 1.807) is 0 Å². The quantitative estimate of drug-likeness (QED) is 0.605. The van der Waals surface area contributed by atoms with Gasteiger partial charge in [-0.15, -0.1) is 0 Å². The fourth-order valence-electron chi connectivity index (χ4n) is 4.93. The van der Waals surface area contributed by atoms with E-state index in [1.807, 2.05) is 58.9 Å². The molecule has 1 N–H and O–H groups in total. The first-order chi connectivity index (χ1) is 15.9. The van der Waals surface area contributed by atoms with Gasteiger partial charge in [0.2, 0.25) is 0 Å². The Hall–Kier alpha value is -2.71. The summed E-state index contributed by atoms with van der Waals surface area (Å²) in [5, 5.41) is 6.90. The van der Waals surface area contributed by atoms with Gasteiger partial charge in [-0.3, -0.25) is 14.5 Å². The molecule has 4 rings (SSSR count). The highest BCUT2D eigenvalue weighted by Gasteiger charge is 2.55. The summed E-state index contributed by atoms with van der Waals surface area (Å²) in [6.45, 7) is 2.18. The van der Waals surface area contributed by atoms with Gasteiger partial charge >= 0.3 is 6.03 Å². The third-order valence-electron chi connectivity index (χ3n) is 6.87. The molecule has 0 bridgehead atoms. The van der Waals surface area contributed by atoms with Gasteiger partial charge in [0.1, 0.15) is 5.54 Å². The van der Waals surface area contributed by atoms with Crippen LogP contribution >= 0.6 is 11.3 Å². The molecular weight excluding hydrogens is 436 g/mol. The average Bonchev–Trinajstić information content (AvgIpc) is 3.44. The summed E-state index contributed by atoms with van der Waals surface area (Å²) < 4.78 is 0. The molecule has 7 nitrogen and oxygen atoms in total. The van der Waals surface area contributed by atoms with Crippen LogP contribution in [-0.4, -0.2) is 78.4 Å². The second kappa shape index (κ2) is 10.1. The molecule has 0 radical (unpaired) electrons. The van der Waals surface area contributed by atoms with Crippen molar-refractivity contribution in [2.24, 2.45) is 5.92 Å². The van der Waals surface area contributed by atoms with E-state index in [0.717, 1.165) is 11.1 Å². The monoisotopic (exact) mass is 468 g/mol. The molecule has 4 amide bonds. The Morgan fingerprint density at radius 2 is 1.88 bits per heavy atom. The van der Waals surface area contributed by atoms with Gasteiger partial charge in [0.15, 0.2) is 0 Å². The maximum atomic E-state index is 13.7. The molecule has 2 fully saturated rings. The summed E-state index contributed by atoms with van der Waals surface area (Å²) in [6.07, 6.45) is 2.65. The van der Waals surface area contributed by atoms with E-state index in [0.29, 0.717) is 51.9 Å². The van der Waals surface area contributed by atoms with Gasteiger partial charge in [0, 0.05) is 31.6 Å². The molecule has 2 aromatic rings. The molecule has 3 heterocycles. The fraction of sp³-hybridized carbons (Fsp3) is 0.480. The number of benzene rings is 1. The number of likely N-dealkylation sites (tertiary alicyclic amines) is 1. The summed E-state index contributed by atoms with van der Waals surface area (Å²) in [6, 6.07) is 11.6. The molecule has 0 saturated carbocycles. The van der Waals surface area contributed by atoms with Crippen LogP contribution < -0.4 is 5.32 Å². The molecule has 1 aromatic heterocycles. The van der Waals surface area contributed by atoms with E-state index in [2.05, 4.69) is 17.4 Å². The zero-order valence-electron chi connectivity index (χ0n) is 19.3. The van der Waals surface area contributed by atoms with E-state index >= 15 is 0 Å². The van der Waals surface area contributed by atoms with Gasteiger partial charge in [-0.1, -0.05) is 30.3 Å². The smallest absolute Gasteiger partial charge is 0.325 e. The van der Waals surface area contributed by atoms with Crippen LogP contribution in [0.15, 0.2) is 47.2 Å². The first-order valence-electron chi connectivity index (χ1n) is 11.5. The first kappa shape index (κ1) is 23.4. The predicted molar refractivity (Wildman–Crippen MR) is 129 cm³/mol. The molecule has 33 heavy (non-hydrogen) atoms. The standard InChI is InChI=1S/C25H32N4O3S/c1-27(2)15-16-29-23(31)25(26-24(29)32,12-8-19-6-4-3-5-7-19)21-9-13-28(14-10-21)22(30)20-11-17-33-18-20/h3-7,11,17-18,21H,8-10,12-16H2,1-2H3,(H,26,32). The normalized spacial score (nSPS) is 21.7. The molecule has 2 aliphatic heterocycles. The Bertz CT molecular complexity index is 971. The van der Waals surface area contributed by atoms with Crippen LogP contribution in [0, 0.1) is 5.92 Å². The number of hydrogen-bond donors (Lipinski definition) is 1. The Morgan fingerprint density at radius 3 is 2.52 bits per heavy atom. The van der Waals surface area contributed by atoms with Crippen molar-refractivity contribution in [2.75, 3.05) is 40.3 Å². The third-order valence-corrected chi connectivity index (χ3v) is 7.55. The Kier molecular flexibility index (Phi) is 7.14. The summed E-state index contributed by atoms with van der Waals surface area (Å²) in [7, 11) is 3.86. The second-order valence-corrected chi connectivity index (χ2v) is 10.0. The minimum Gasteiger partial charge on any atom is -0.339 e. The van der Waals surface area contributed by atoms with E-state index in [-0.39, 0.29) is 23.8 Å². The minimum atomic E-state index is -0.920. The number of nitrogens with one attached hydrogen (secondary N) is 1. The largest absolute Gasteiger partial charge is 0.339 e. The Labute approximate surface area is 199 Å². The maximum absolute atomic E-state index is 13.7. The predicted octanol–water partition coefficient (Wildman–Crippen LogP) is 3.09. The number of carbonyl (C=O) groups is 3. The van der Waals surface area contributed by atoms with E-state index in [9.17, 15) is 14.4 Å². The Morgan fingerprint density at radius 1 is 1.15 bits per heavy atom. The molecule has 0 spiro atoms. The molecule has 8 heteroatoms. The van der Waals surface area contributed by atoms with Crippen LogP contribution in [0.5, 0.6) is 0 Å². The van der Waals surface area contributed by atoms with E-state index in [4.69, 9.17) is 0 Å². The highest BCUT2D eigenvalue weighted by molar-refractivity contribution is 7.08. The fourth-order valence-corrected chi connectivity index (χ4v) is 5.56. The zero-order chi connectivity index (χ0) is 23.4. The van der Waals surface area contributed by atoms with E-state index in [1.165, 1.54) is 16.2 Å². The number of aryl methyl sites for hydroxylation is 1. The van der Waals surface area contributed by atoms with Crippen molar-refractivity contribution in [1.29, 1.82) is 0 Å². The van der Waals surface area contributed by atoms with Crippen molar-refractivity contribution in [2.45, 2.75) is 31.2 Å². The maximum Gasteiger partial charge on any atom is 0.325 e. The van der Waals surface area contributed by atoms with Crippen LogP contribution in [0.4, 0.5) is 4.79 Å². The van der Waals surface area contributed by atoms with Crippen molar-refractivity contribution in [1.82, 2.24) is 20.0 Å². The first-order valence-corrected chi connectivity index (χ1v) is 12.5. The van der Waals surface area contributed by atoms with Gasteiger partial charge < -0.3 is 15.1 Å². The molecule has 1 atom stereocenters. The highest BCUT2D eigenvalue weighted by atomic mass is 32.1. The summed E-state index contributed by atoms with van der Waals surface area (Å²) in [5.74, 6) is -0.0798. The lowest BCUT2D eigenvalue weighted by Crippen LogP contribution is -2.57. The number of carbonyl (C=O) groups excluding carboxylic acids is 3. The number of amides is 4. The van der Waals surface area contributed by atoms with Gasteiger partial charge in [0.25, 0.3) is 11.8 Å². The molecule has 176 valence electrons. The number of likely N-dealkylation sites (N-methyl/N-ethyl adjacent to an activating group) is 1. The SMILES string of the molecule is CN(C)CCN1C(=O)NC(CCc2ccccc2)(C2CCN(C(=O)c3ccsc3)CC2)C1=O. The summed E-state index contributed by atoms with van der Waals surface area (Å²) >= 11 is 1.52. The van der Waals surface area contributed by atoms with E-state index < -0.39 is 5.54 Å². The number of thiophene rings is 1. The highest BCUT2D eigenvalue weighted by Crippen LogP contribution is 2.37. The minimum absolute atomic E-state index is 0.00598. The average molecular weight is 469 g/mol. The summed E-state index contributed by atoms with van der Waals surface area (Å²) in [4.78, 5) is 44.6. The number of piperidine rings is 1. The van der Waals surface area contributed by atoms with Crippen molar-refractivity contribution in [3.8, 4) is 0 Å². The van der Waals surface area contributed by atoms with Crippen LogP contribution in [0.2, 0.25) is 0 Å². The van der Waals surface area contributed by atoms with Gasteiger partial charge in [-0.05, 0) is 62.7 Å². The van der Waals surface area contributed by atoms with Crippen molar-refractivity contribution in [3.63, 3.8) is 0 Å². The number of nitrogens with zero attached hydrogens (tertiary/aromatic N) is 3. The summed E-state index contributed by atoms with van der Waals surface area (Å²) in [5.41, 5.74) is 0.949. The number of rotatable bonds is 8. The van der Waals surface area contributed by atoms with Crippen LogP contribution in [0.25, 0.3) is 0 Å². The van der Waals surface area contributed by atoms with Gasteiger partial charge in [0.05, 0.1) is 5.56 Å². The lowest BCUT2D eigenvalue weighted by atomic mass is 9.74. The number of imide groups is 1. The van der Waals surface area contributed by atoms with Crippen LogP contribution in [-0.2, 0) is 11.2 Å². The molecule has 2 saturated heterocycles. The molecule has 2 aliphatic rings. The number of urea groups is 1. The van der Waals surface area contributed by atoms with Gasteiger partial charge in [-0.2, -0.15) is 11.3 Å². The van der Waals surface area contributed by atoms with Gasteiger partial charge in [-0.25, -0.2) is 4.79 Å².